The Kier molecular flexibility index (Phi) is 8.75. The van der Waals surface area contributed by atoms with Gasteiger partial charge in [0.25, 0.3) is 6.47 Å². The first kappa shape index (κ1) is 32.3. The summed E-state index contributed by atoms with van der Waals surface area (Å²) >= 11 is 0. The van der Waals surface area contributed by atoms with Gasteiger partial charge in [-0.25, -0.2) is 4.79 Å². The van der Waals surface area contributed by atoms with Gasteiger partial charge >= 0.3 is 5.97 Å². The van der Waals surface area contributed by atoms with Crippen molar-refractivity contribution in [2.75, 3.05) is 13.7 Å². The van der Waals surface area contributed by atoms with E-state index < -0.39 is 0 Å². The van der Waals surface area contributed by atoms with Crippen LogP contribution in [0.1, 0.15) is 91.0 Å². The van der Waals surface area contributed by atoms with E-state index >= 15 is 0 Å². The lowest BCUT2D eigenvalue weighted by molar-refractivity contribution is -0.157. The molecular weight excluding hydrogens is 566 g/mol. The van der Waals surface area contributed by atoms with Gasteiger partial charge in [0.1, 0.15) is 0 Å². The first-order valence-corrected chi connectivity index (χ1v) is 17.2. The lowest BCUT2D eigenvalue weighted by Crippen LogP contribution is -2.63. The van der Waals surface area contributed by atoms with Crippen molar-refractivity contribution in [3.8, 4) is 11.5 Å². The van der Waals surface area contributed by atoms with Crippen molar-refractivity contribution in [3.63, 3.8) is 0 Å². The van der Waals surface area contributed by atoms with Crippen LogP contribution in [0.4, 0.5) is 0 Å². The molecule has 1 aromatic carbocycles. The van der Waals surface area contributed by atoms with Crippen LogP contribution in [0.3, 0.4) is 0 Å². The van der Waals surface area contributed by atoms with Crippen LogP contribution in [0.5, 0.6) is 11.5 Å². The number of allylic oxidation sites excluding steroid dienone is 2. The SMILES string of the molecule is COc1ccc(/C=C/C(=O)OCC23CCC4C(=CCC5C4(C)CCC4C(N)C(O)CCC45C)C2C(C)[C@H](C)CC3)cc1OC=O. The molecule has 10 unspecified atom stereocenters. The number of benzene rings is 1. The molecule has 0 bridgehead atoms. The lowest BCUT2D eigenvalue weighted by Gasteiger charge is -2.67. The Morgan fingerprint density at radius 2 is 1.80 bits per heavy atom. The van der Waals surface area contributed by atoms with Crippen LogP contribution in [0.2, 0.25) is 0 Å². The van der Waals surface area contributed by atoms with Crippen LogP contribution in [0.15, 0.2) is 35.9 Å². The maximum Gasteiger partial charge on any atom is 0.330 e. The van der Waals surface area contributed by atoms with Crippen molar-refractivity contribution in [3.05, 3.63) is 41.5 Å². The zero-order valence-electron chi connectivity index (χ0n) is 27.8. The van der Waals surface area contributed by atoms with Gasteiger partial charge in [-0.1, -0.05) is 45.4 Å². The quantitative estimate of drug-likeness (QED) is 0.151. The fourth-order valence-electron chi connectivity index (χ4n) is 11.3. The molecule has 5 aliphatic carbocycles. The summed E-state index contributed by atoms with van der Waals surface area (Å²) in [6, 6.07) is 5.06. The number of esters is 1. The third kappa shape index (κ3) is 5.36. The van der Waals surface area contributed by atoms with E-state index in [0.717, 1.165) is 51.4 Å². The molecule has 7 nitrogen and oxygen atoms in total. The monoisotopic (exact) mass is 619 g/mol. The van der Waals surface area contributed by atoms with Gasteiger partial charge in [-0.05, 0) is 128 Å². The highest BCUT2D eigenvalue weighted by molar-refractivity contribution is 5.87. The topological polar surface area (TPSA) is 108 Å². The molecule has 3 N–H and O–H groups in total. The summed E-state index contributed by atoms with van der Waals surface area (Å²) in [7, 11) is 1.51. The molecule has 4 saturated carbocycles. The molecule has 6 rings (SSSR count). The summed E-state index contributed by atoms with van der Waals surface area (Å²) in [6.07, 6.45) is 15.1. The summed E-state index contributed by atoms with van der Waals surface area (Å²) in [5.41, 5.74) is 9.38. The molecule has 0 aromatic heterocycles. The van der Waals surface area contributed by atoms with Crippen molar-refractivity contribution in [2.24, 2.45) is 57.5 Å². The van der Waals surface area contributed by atoms with Gasteiger partial charge < -0.3 is 25.1 Å². The van der Waals surface area contributed by atoms with Crippen molar-refractivity contribution < 1.29 is 28.9 Å². The fraction of sp³-hybridized carbons (Fsp3) is 0.684. The van der Waals surface area contributed by atoms with Crippen molar-refractivity contribution in [1.82, 2.24) is 0 Å². The number of carbonyl (C=O) groups is 2. The number of ether oxygens (including phenoxy) is 3. The molecule has 0 saturated heterocycles. The Morgan fingerprint density at radius 1 is 1.04 bits per heavy atom. The van der Waals surface area contributed by atoms with Crippen molar-refractivity contribution in [2.45, 2.75) is 97.6 Å². The highest BCUT2D eigenvalue weighted by atomic mass is 16.5. The second-order valence-electron chi connectivity index (χ2n) is 15.7. The minimum Gasteiger partial charge on any atom is -0.493 e. The normalized spacial score (nSPS) is 42.3. The number of hydrogen-bond donors (Lipinski definition) is 2. The number of methoxy groups -OCH3 is 1. The van der Waals surface area contributed by atoms with Gasteiger partial charge in [-0.3, -0.25) is 4.79 Å². The van der Waals surface area contributed by atoms with Crippen LogP contribution >= 0.6 is 0 Å². The number of aliphatic hydroxyl groups is 1. The van der Waals surface area contributed by atoms with Crippen LogP contribution in [-0.4, -0.2) is 43.4 Å². The largest absolute Gasteiger partial charge is 0.493 e. The van der Waals surface area contributed by atoms with Gasteiger partial charge in [0, 0.05) is 17.5 Å². The Morgan fingerprint density at radius 3 is 2.56 bits per heavy atom. The molecule has 11 atom stereocenters. The second kappa shape index (κ2) is 12.2. The van der Waals surface area contributed by atoms with Crippen LogP contribution in [0, 0.1) is 51.8 Å². The Labute approximate surface area is 268 Å². The minimum atomic E-state index is -0.371. The standard InChI is InChI=1S/C38H53NO6/c1-23-12-18-38(21-44-33(42)11-7-25-6-9-30(43-5)31(20-25)45-22-40)19-14-27-26(34(38)24(23)2)8-10-32-36(27,3)16-13-28-35(39)29(41)15-17-37(28,32)4/h6-9,11,20,22-24,27-29,32,34-35,41H,10,12-19,21,39H2,1-5H3/b11-7+/t23-,24?,27?,28?,29?,32?,34?,35?,36?,37?,38?/m1/s1. The fourth-order valence-corrected chi connectivity index (χ4v) is 11.3. The van der Waals surface area contributed by atoms with E-state index in [2.05, 4.69) is 33.8 Å². The molecule has 45 heavy (non-hydrogen) atoms. The average Bonchev–Trinajstić information content (AvgIpc) is 3.03. The molecule has 7 heteroatoms. The minimum absolute atomic E-state index is 0.0373. The number of rotatable bonds is 7. The summed E-state index contributed by atoms with van der Waals surface area (Å²) in [5.74, 6) is 3.50. The average molecular weight is 620 g/mol. The number of hydrogen-bond acceptors (Lipinski definition) is 7. The number of carbonyl (C=O) groups excluding carboxylic acids is 2. The van der Waals surface area contributed by atoms with E-state index in [9.17, 15) is 14.7 Å². The van der Waals surface area contributed by atoms with Gasteiger partial charge in [0.2, 0.25) is 0 Å². The number of nitrogens with two attached hydrogens (primary N) is 1. The molecule has 0 amide bonds. The summed E-state index contributed by atoms with van der Waals surface area (Å²) in [5, 5.41) is 10.6. The Bertz CT molecular complexity index is 1360. The van der Waals surface area contributed by atoms with Crippen LogP contribution < -0.4 is 15.2 Å². The third-order valence-electron chi connectivity index (χ3n) is 13.9. The molecule has 0 radical (unpaired) electrons. The third-order valence-corrected chi connectivity index (χ3v) is 13.9. The maximum absolute atomic E-state index is 13.1. The van der Waals surface area contributed by atoms with E-state index in [1.807, 2.05) is 0 Å². The molecule has 4 fully saturated rings. The Balaban J connectivity index is 1.22. The molecule has 0 heterocycles. The molecule has 1 aromatic rings. The molecular formula is C38H53NO6. The zero-order chi connectivity index (χ0) is 32.1. The molecule has 0 aliphatic heterocycles. The summed E-state index contributed by atoms with van der Waals surface area (Å²) < 4.78 is 16.4. The first-order valence-electron chi connectivity index (χ1n) is 17.2. The van der Waals surface area contributed by atoms with Gasteiger partial charge in [-0.15, -0.1) is 0 Å². The van der Waals surface area contributed by atoms with E-state index in [0.29, 0.717) is 65.6 Å². The maximum atomic E-state index is 13.1. The van der Waals surface area contributed by atoms with E-state index in [1.165, 1.54) is 19.6 Å². The summed E-state index contributed by atoms with van der Waals surface area (Å²) in [4.78, 5) is 24.0. The summed E-state index contributed by atoms with van der Waals surface area (Å²) in [6.45, 7) is 10.7. The van der Waals surface area contributed by atoms with Crippen molar-refractivity contribution >= 4 is 18.5 Å². The highest BCUT2D eigenvalue weighted by Crippen LogP contribution is 2.70. The van der Waals surface area contributed by atoms with Crippen LogP contribution in [0.25, 0.3) is 6.08 Å². The van der Waals surface area contributed by atoms with E-state index in [1.54, 1.807) is 29.8 Å². The molecule has 0 spiro atoms. The number of fused-ring (bicyclic) bond motifs is 7. The molecule has 5 aliphatic rings. The molecule has 246 valence electrons. The smallest absolute Gasteiger partial charge is 0.330 e. The predicted octanol–water partition coefficient (Wildman–Crippen LogP) is 6.72. The predicted molar refractivity (Wildman–Crippen MR) is 174 cm³/mol. The number of aliphatic hydroxyl groups excluding tert-OH is 1. The van der Waals surface area contributed by atoms with Gasteiger partial charge in [0.05, 0.1) is 19.8 Å². The second-order valence-corrected chi connectivity index (χ2v) is 15.7. The van der Waals surface area contributed by atoms with Gasteiger partial charge in [0.15, 0.2) is 11.5 Å². The van der Waals surface area contributed by atoms with Gasteiger partial charge in [-0.2, -0.15) is 0 Å². The highest BCUT2D eigenvalue weighted by Gasteiger charge is 2.63. The first-order chi connectivity index (χ1) is 21.5. The zero-order valence-corrected chi connectivity index (χ0v) is 27.8. The van der Waals surface area contributed by atoms with E-state index in [4.69, 9.17) is 19.9 Å². The van der Waals surface area contributed by atoms with Crippen molar-refractivity contribution in [1.29, 1.82) is 0 Å². The Hall–Kier alpha value is -2.64. The van der Waals surface area contributed by atoms with E-state index in [-0.39, 0.29) is 34.4 Å². The van der Waals surface area contributed by atoms with Crippen LogP contribution in [-0.2, 0) is 14.3 Å². The lowest BCUT2D eigenvalue weighted by atomic mass is 9.38.